The number of ether oxygens (including phenoxy) is 1. The van der Waals surface area contributed by atoms with Crippen molar-refractivity contribution in [2.45, 2.75) is 25.7 Å². The molecular formula is C24H26N6O3S. The van der Waals surface area contributed by atoms with Crippen LogP contribution in [0.4, 0.5) is 17.2 Å². The van der Waals surface area contributed by atoms with E-state index in [0.29, 0.717) is 35.9 Å². The van der Waals surface area contributed by atoms with Crippen molar-refractivity contribution < 1.29 is 13.2 Å². The molecule has 9 nitrogen and oxygen atoms in total. The Morgan fingerprint density at radius 2 is 1.74 bits per heavy atom. The molecule has 4 aromatic rings. The molecule has 0 bridgehead atoms. The minimum atomic E-state index is -3.53. The number of para-hydroxylation sites is 1. The third-order valence-corrected chi connectivity index (χ3v) is 7.40. The molecule has 2 aromatic carbocycles. The van der Waals surface area contributed by atoms with Gasteiger partial charge in [-0.25, -0.2) is 18.4 Å². The summed E-state index contributed by atoms with van der Waals surface area (Å²) in [5.41, 5.74) is 8.71. The summed E-state index contributed by atoms with van der Waals surface area (Å²) in [6.07, 6.45) is 1.34. The molecule has 0 aliphatic rings. The van der Waals surface area contributed by atoms with Crippen molar-refractivity contribution in [3.63, 3.8) is 0 Å². The first kappa shape index (κ1) is 23.4. The standard InChI is InChI=1S/C24H26N6O3S/c1-4-30(5-2)34(31,32)19-13-11-18(12-14-19)29-23-21(25)24(27-15-26-23)33-20-8-6-7-17-10-9-16(3)28-22(17)20/h6-15H,4-5,25H2,1-3H3,(H,26,27,29). The average Bonchev–Trinajstić information content (AvgIpc) is 2.83. The number of nitrogens with zero attached hydrogens (tertiary/aromatic N) is 4. The smallest absolute Gasteiger partial charge is 0.248 e. The number of nitrogen functional groups attached to an aromatic ring is 1. The van der Waals surface area contributed by atoms with Crippen LogP contribution in [0.5, 0.6) is 11.6 Å². The van der Waals surface area contributed by atoms with Crippen molar-refractivity contribution in [3.05, 3.63) is 66.6 Å². The van der Waals surface area contributed by atoms with E-state index in [1.54, 1.807) is 30.3 Å². The second-order valence-corrected chi connectivity index (χ2v) is 9.50. The highest BCUT2D eigenvalue weighted by molar-refractivity contribution is 7.89. The number of rotatable bonds is 8. The first-order valence-corrected chi connectivity index (χ1v) is 12.3. The number of hydrogen-bond donors (Lipinski definition) is 2. The van der Waals surface area contributed by atoms with Crippen molar-refractivity contribution in [1.29, 1.82) is 0 Å². The highest BCUT2D eigenvalue weighted by Gasteiger charge is 2.21. The molecule has 0 fully saturated rings. The summed E-state index contributed by atoms with van der Waals surface area (Å²) >= 11 is 0. The Morgan fingerprint density at radius 1 is 1.00 bits per heavy atom. The van der Waals surface area contributed by atoms with Gasteiger partial charge in [0.15, 0.2) is 11.6 Å². The van der Waals surface area contributed by atoms with E-state index in [-0.39, 0.29) is 16.5 Å². The van der Waals surface area contributed by atoms with Gasteiger partial charge in [-0.3, -0.25) is 0 Å². The van der Waals surface area contributed by atoms with Crippen LogP contribution >= 0.6 is 0 Å². The Labute approximate surface area is 198 Å². The van der Waals surface area contributed by atoms with Crippen molar-refractivity contribution in [2.75, 3.05) is 24.1 Å². The van der Waals surface area contributed by atoms with Crippen LogP contribution in [0.15, 0.2) is 65.8 Å². The van der Waals surface area contributed by atoms with Gasteiger partial charge in [0.05, 0.1) is 4.90 Å². The second-order valence-electron chi connectivity index (χ2n) is 7.56. The van der Waals surface area contributed by atoms with E-state index in [4.69, 9.17) is 10.5 Å². The Balaban J connectivity index is 1.58. The van der Waals surface area contributed by atoms with Crippen molar-refractivity contribution in [3.8, 4) is 11.6 Å². The zero-order valence-corrected chi connectivity index (χ0v) is 20.0. The molecule has 0 aliphatic carbocycles. The van der Waals surface area contributed by atoms with Crippen LogP contribution in [0.3, 0.4) is 0 Å². The minimum absolute atomic E-state index is 0.189. The van der Waals surface area contributed by atoms with Gasteiger partial charge in [-0.05, 0) is 43.3 Å². The van der Waals surface area contributed by atoms with Crippen LogP contribution in [0, 0.1) is 6.92 Å². The molecule has 2 aromatic heterocycles. The highest BCUT2D eigenvalue weighted by Crippen LogP contribution is 2.34. The summed E-state index contributed by atoms with van der Waals surface area (Å²) < 4.78 is 32.8. The van der Waals surface area contributed by atoms with E-state index in [2.05, 4.69) is 20.3 Å². The molecule has 0 radical (unpaired) electrons. The lowest BCUT2D eigenvalue weighted by Crippen LogP contribution is -2.30. The Kier molecular flexibility index (Phi) is 6.62. The summed E-state index contributed by atoms with van der Waals surface area (Å²) in [4.78, 5) is 13.2. The van der Waals surface area contributed by atoms with Crippen LogP contribution in [0.2, 0.25) is 0 Å². The Morgan fingerprint density at radius 3 is 2.44 bits per heavy atom. The van der Waals surface area contributed by atoms with Gasteiger partial charge in [-0.15, -0.1) is 0 Å². The Hall–Kier alpha value is -3.76. The van der Waals surface area contributed by atoms with E-state index in [9.17, 15) is 8.42 Å². The zero-order valence-electron chi connectivity index (χ0n) is 19.2. The number of benzene rings is 2. The highest BCUT2D eigenvalue weighted by atomic mass is 32.2. The lowest BCUT2D eigenvalue weighted by Gasteiger charge is -2.18. The van der Waals surface area contributed by atoms with E-state index in [0.717, 1.165) is 11.1 Å². The number of aromatic nitrogens is 3. The topological polar surface area (TPSA) is 123 Å². The van der Waals surface area contributed by atoms with Crippen LogP contribution in [-0.4, -0.2) is 40.8 Å². The fourth-order valence-electron chi connectivity index (χ4n) is 3.52. The summed E-state index contributed by atoms with van der Waals surface area (Å²) in [7, 11) is -3.53. The van der Waals surface area contributed by atoms with Gasteiger partial charge in [-0.2, -0.15) is 9.29 Å². The van der Waals surface area contributed by atoms with Crippen molar-refractivity contribution in [2.24, 2.45) is 0 Å². The third-order valence-electron chi connectivity index (χ3n) is 5.34. The van der Waals surface area contributed by atoms with Crippen LogP contribution in [-0.2, 0) is 10.0 Å². The fraction of sp³-hybridized carbons (Fsp3) is 0.208. The zero-order chi connectivity index (χ0) is 24.3. The molecule has 34 heavy (non-hydrogen) atoms. The molecule has 0 saturated heterocycles. The predicted molar refractivity (Wildman–Crippen MR) is 133 cm³/mol. The minimum Gasteiger partial charge on any atom is -0.435 e. The molecule has 0 unspecified atom stereocenters. The van der Waals surface area contributed by atoms with Gasteiger partial charge in [0.2, 0.25) is 15.9 Å². The van der Waals surface area contributed by atoms with E-state index < -0.39 is 10.0 Å². The van der Waals surface area contributed by atoms with E-state index >= 15 is 0 Å². The van der Waals surface area contributed by atoms with Gasteiger partial charge < -0.3 is 15.8 Å². The van der Waals surface area contributed by atoms with Gasteiger partial charge in [0.1, 0.15) is 17.5 Å². The van der Waals surface area contributed by atoms with Gasteiger partial charge in [0, 0.05) is 29.9 Å². The first-order chi connectivity index (χ1) is 16.3. The van der Waals surface area contributed by atoms with Gasteiger partial charge in [-0.1, -0.05) is 32.0 Å². The van der Waals surface area contributed by atoms with Gasteiger partial charge in [0.25, 0.3) is 0 Å². The normalized spacial score (nSPS) is 11.6. The molecular weight excluding hydrogens is 452 g/mol. The molecule has 10 heteroatoms. The number of anilines is 3. The summed E-state index contributed by atoms with van der Waals surface area (Å²) in [6.45, 7) is 6.35. The third kappa shape index (κ3) is 4.63. The fourth-order valence-corrected chi connectivity index (χ4v) is 4.98. The molecule has 4 rings (SSSR count). The number of pyridine rings is 1. The number of hydrogen-bond acceptors (Lipinski definition) is 8. The maximum absolute atomic E-state index is 12.7. The summed E-state index contributed by atoms with van der Waals surface area (Å²) in [5, 5.41) is 4.04. The number of fused-ring (bicyclic) bond motifs is 1. The first-order valence-electron chi connectivity index (χ1n) is 10.9. The molecule has 2 heterocycles. The number of aryl methyl sites for hydroxylation is 1. The van der Waals surface area contributed by atoms with Gasteiger partial charge >= 0.3 is 0 Å². The number of nitrogens with two attached hydrogens (primary N) is 1. The SMILES string of the molecule is CCN(CC)S(=O)(=O)c1ccc(Nc2ncnc(Oc3cccc4ccc(C)nc34)c2N)cc1. The largest absolute Gasteiger partial charge is 0.435 e. The molecule has 0 amide bonds. The summed E-state index contributed by atoms with van der Waals surface area (Å²) in [5.74, 6) is 1.06. The lowest BCUT2D eigenvalue weighted by molar-refractivity contribution is 0.445. The average molecular weight is 479 g/mol. The molecule has 0 aliphatic heterocycles. The molecule has 3 N–H and O–H groups in total. The number of sulfonamides is 1. The van der Waals surface area contributed by atoms with Crippen LogP contribution in [0.25, 0.3) is 10.9 Å². The van der Waals surface area contributed by atoms with E-state index in [1.807, 2.05) is 45.0 Å². The van der Waals surface area contributed by atoms with Crippen molar-refractivity contribution in [1.82, 2.24) is 19.3 Å². The summed E-state index contributed by atoms with van der Waals surface area (Å²) in [6, 6.07) is 16.0. The molecule has 0 atom stereocenters. The quantitative estimate of drug-likeness (QED) is 0.380. The maximum Gasteiger partial charge on any atom is 0.248 e. The monoisotopic (exact) mass is 478 g/mol. The van der Waals surface area contributed by atoms with Crippen molar-refractivity contribution >= 4 is 38.1 Å². The second kappa shape index (κ2) is 9.62. The number of nitrogens with one attached hydrogen (secondary N) is 1. The lowest BCUT2D eigenvalue weighted by atomic mass is 10.2. The predicted octanol–water partition coefficient (Wildman–Crippen LogP) is 4.48. The molecule has 0 saturated carbocycles. The van der Waals surface area contributed by atoms with Crippen LogP contribution < -0.4 is 15.8 Å². The molecule has 176 valence electrons. The van der Waals surface area contributed by atoms with Crippen LogP contribution in [0.1, 0.15) is 19.5 Å². The molecule has 0 spiro atoms. The Bertz CT molecular complexity index is 1420. The maximum atomic E-state index is 12.7. The van der Waals surface area contributed by atoms with E-state index in [1.165, 1.54) is 10.6 Å².